The first-order valence-electron chi connectivity index (χ1n) is 28.2. The minimum absolute atomic E-state index is 0.0521. The van der Waals surface area contributed by atoms with Gasteiger partial charge in [0.15, 0.2) is 29.2 Å². The lowest BCUT2D eigenvalue weighted by Crippen LogP contribution is -2.62. The lowest BCUT2D eigenvalue weighted by Gasteiger charge is -2.51. The van der Waals surface area contributed by atoms with Gasteiger partial charge in [0.2, 0.25) is 5.76 Å². The number of esters is 1. The third-order valence-electron chi connectivity index (χ3n) is 16.2. The number of nitrogens with zero attached hydrogens (tertiary/aromatic N) is 4. The van der Waals surface area contributed by atoms with Gasteiger partial charge in [0.05, 0.1) is 53.2 Å². The number of cyclic esters (lactones) is 1. The van der Waals surface area contributed by atoms with Crippen LogP contribution >= 0.6 is 0 Å². The third-order valence-corrected chi connectivity index (χ3v) is 18.1. The van der Waals surface area contributed by atoms with E-state index in [0.29, 0.717) is 30.8 Å². The highest BCUT2D eigenvalue weighted by Crippen LogP contribution is 2.43. The van der Waals surface area contributed by atoms with Crippen molar-refractivity contribution < 1.29 is 61.5 Å². The van der Waals surface area contributed by atoms with Gasteiger partial charge in [-0.3, -0.25) is 9.78 Å². The van der Waals surface area contributed by atoms with Crippen LogP contribution in [0.25, 0.3) is 22.2 Å². The van der Waals surface area contributed by atoms with Crippen molar-refractivity contribution in [3.63, 3.8) is 0 Å². The zero-order chi connectivity index (χ0) is 57.9. The first-order chi connectivity index (χ1) is 36.3. The van der Waals surface area contributed by atoms with Crippen molar-refractivity contribution in [2.24, 2.45) is 17.8 Å². The number of aliphatic hydroxyl groups excluding tert-OH is 1. The molecule has 3 aromatic rings. The van der Waals surface area contributed by atoms with Gasteiger partial charge in [-0.15, -0.1) is 0 Å². The summed E-state index contributed by atoms with van der Waals surface area (Å²) in [4.78, 5) is 23.9. The molecule has 2 N–H and O–H groups in total. The number of methoxy groups -OCH3 is 1. The molecule has 5 heterocycles. The second-order valence-corrected chi connectivity index (χ2v) is 34.5. The number of benzene rings is 1. The van der Waals surface area contributed by atoms with Gasteiger partial charge < -0.3 is 66.5 Å². The number of hydrogen-bond donors (Lipinski definition) is 2. The molecule has 0 radical (unpaired) electrons. The quantitative estimate of drug-likeness (QED) is 0.0885. The Kier molecular flexibility index (Phi) is 21.3. The van der Waals surface area contributed by atoms with Crippen molar-refractivity contribution in [3.8, 4) is 23.1 Å². The lowest BCUT2D eigenvalue weighted by atomic mass is 9.77. The Morgan fingerprint density at radius 2 is 1.58 bits per heavy atom. The number of fused-ring (bicyclic) bond motifs is 1. The molecule has 1 aromatic carbocycles. The SMILES string of the molecule is CC[C@H]1OC(=O)[C@H](C)[C@@H](OC2CC(C)(OC)C(O[Si](C)(C)C)C(C)O2)[C@H](C)[C@@H](O[C@@H]2O[C@H](C)C[C@H](N(C)C)[C@H]2O[Si](C)(C)C)[C@](C)(OCC#Cc2cc(-c3cnc4ccccc4c3)no2)C[C@@H](C)CN(C)[C@H](C)[C@@H](O)[C@]1(C)O. The van der Waals surface area contributed by atoms with E-state index in [4.69, 9.17) is 46.5 Å². The molecular weight excluding hydrogens is 1030 g/mol. The highest BCUT2D eigenvalue weighted by molar-refractivity contribution is 6.70. The Hall–Kier alpha value is -3.18. The minimum Gasteiger partial charge on any atom is -0.459 e. The molecule has 18 atom stereocenters. The second-order valence-electron chi connectivity index (χ2n) is 25.6. The average Bonchev–Trinajstić information content (AvgIpc) is 3.89. The van der Waals surface area contributed by atoms with Crippen LogP contribution in [0.4, 0.5) is 0 Å². The van der Waals surface area contributed by atoms with E-state index >= 15 is 4.79 Å². The van der Waals surface area contributed by atoms with Crippen LogP contribution in [0.1, 0.15) is 101 Å². The smallest absolute Gasteiger partial charge is 0.311 e. The highest BCUT2D eigenvalue weighted by atomic mass is 28.4. The molecule has 78 heavy (non-hydrogen) atoms. The molecule has 19 heteroatoms. The van der Waals surface area contributed by atoms with Crippen LogP contribution in [-0.2, 0) is 46.8 Å². The number of ether oxygens (including phenoxy) is 7. The molecule has 4 unspecified atom stereocenters. The van der Waals surface area contributed by atoms with Gasteiger partial charge in [0, 0.05) is 61.3 Å². The Labute approximate surface area is 468 Å². The standard InChI is InChI=1S/C59H96N4O13Si2/c1-21-48-59(10,66)52(64)40(6)63(13)35-36(2)32-58(9,68-28-24-26-44-31-46(61-74-44)43-30-42-25-22-23-27-45(42)60-34-43)53(73-56-51(75-77(15,16)17)47(62(11)12)29-37(3)69-56)38(4)50(39(5)55(65)71-48)72-49-33-57(8,67-14)54(41(7)70-49)76-78(18,19)20/h22-23,25,27,30-31,34,36-41,47-54,56,64,66H,21,28-29,32-33,35H2,1-20H3/t36-,37-,38+,39-,40-,41?,47+,48-,49?,50+,51-,52-,53-,54?,56+,57?,58-,59-/m1/s1. The van der Waals surface area contributed by atoms with E-state index in [1.165, 1.54) is 6.92 Å². The van der Waals surface area contributed by atoms with E-state index in [9.17, 15) is 10.2 Å². The Morgan fingerprint density at radius 1 is 0.897 bits per heavy atom. The molecule has 3 fully saturated rings. The van der Waals surface area contributed by atoms with Crippen molar-refractivity contribution in [1.29, 1.82) is 0 Å². The number of para-hydroxylation sites is 1. The lowest BCUT2D eigenvalue weighted by molar-refractivity contribution is -0.317. The predicted octanol–water partition coefficient (Wildman–Crippen LogP) is 8.90. The molecule has 0 saturated carbocycles. The number of aliphatic hydroxyl groups is 2. The molecular formula is C59H96N4O13Si2. The van der Waals surface area contributed by atoms with E-state index < -0.39 is 113 Å². The molecule has 2 aromatic heterocycles. The first kappa shape index (κ1) is 64.0. The monoisotopic (exact) mass is 1120 g/mol. The predicted molar refractivity (Wildman–Crippen MR) is 306 cm³/mol. The maximum Gasteiger partial charge on any atom is 0.311 e. The number of hydrogen-bond acceptors (Lipinski definition) is 17. The molecule has 0 aliphatic carbocycles. The van der Waals surface area contributed by atoms with Crippen LogP contribution in [0.3, 0.4) is 0 Å². The summed E-state index contributed by atoms with van der Waals surface area (Å²) in [5, 5.41) is 29.5. The molecule has 438 valence electrons. The number of carbonyl (C=O) groups excluding carboxylic acids is 1. The van der Waals surface area contributed by atoms with Crippen molar-refractivity contribution in [2.45, 2.75) is 225 Å². The Balaban J connectivity index is 1.49. The van der Waals surface area contributed by atoms with E-state index in [1.807, 2.05) is 83.8 Å². The maximum absolute atomic E-state index is 15.1. The van der Waals surface area contributed by atoms with Crippen molar-refractivity contribution in [1.82, 2.24) is 19.9 Å². The average molecular weight is 1130 g/mol. The normalized spacial score (nSPS) is 37.3. The molecule has 3 aliphatic rings. The summed E-state index contributed by atoms with van der Waals surface area (Å²) in [6.07, 6.45) is -4.11. The summed E-state index contributed by atoms with van der Waals surface area (Å²) < 4.78 is 68.0. The van der Waals surface area contributed by atoms with Crippen LogP contribution in [0, 0.1) is 29.6 Å². The minimum atomic E-state index is -2.25. The van der Waals surface area contributed by atoms with E-state index in [0.717, 1.165) is 16.5 Å². The molecule has 3 aliphatic heterocycles. The van der Waals surface area contributed by atoms with Gasteiger partial charge in [-0.2, -0.15) is 0 Å². The first-order valence-corrected chi connectivity index (χ1v) is 35.1. The van der Waals surface area contributed by atoms with E-state index in [-0.39, 0.29) is 37.5 Å². The number of pyridine rings is 1. The van der Waals surface area contributed by atoms with E-state index in [1.54, 1.807) is 26.3 Å². The summed E-state index contributed by atoms with van der Waals surface area (Å²) in [7, 11) is 3.38. The van der Waals surface area contributed by atoms with Crippen LogP contribution in [0.2, 0.25) is 39.3 Å². The van der Waals surface area contributed by atoms with Crippen molar-refractivity contribution >= 4 is 33.5 Å². The number of carbonyl (C=O) groups is 1. The largest absolute Gasteiger partial charge is 0.459 e. The highest BCUT2D eigenvalue weighted by Gasteiger charge is 2.55. The maximum atomic E-state index is 15.1. The van der Waals surface area contributed by atoms with Gasteiger partial charge >= 0.3 is 5.97 Å². The zero-order valence-electron chi connectivity index (χ0n) is 50.6. The number of aromatic nitrogens is 2. The van der Waals surface area contributed by atoms with Crippen molar-refractivity contribution in [2.75, 3.05) is 41.4 Å². The van der Waals surface area contributed by atoms with Crippen molar-refractivity contribution in [3.05, 3.63) is 48.4 Å². The topological polar surface area (TPSA) is 186 Å². The number of likely N-dealkylation sites (N-methyl/N-ethyl adjacent to an activating group) is 2. The van der Waals surface area contributed by atoms with Crippen LogP contribution in [0.5, 0.6) is 0 Å². The van der Waals surface area contributed by atoms with Gasteiger partial charge in [-0.25, -0.2) is 0 Å². The fraction of sp³-hybridized carbons (Fsp3) is 0.746. The molecule has 0 amide bonds. The molecule has 0 bridgehead atoms. The van der Waals surface area contributed by atoms with Gasteiger partial charge in [0.25, 0.3) is 0 Å². The summed E-state index contributed by atoms with van der Waals surface area (Å²) in [5.74, 6) is 4.33. The molecule has 3 saturated heterocycles. The third kappa shape index (κ3) is 15.7. The van der Waals surface area contributed by atoms with Crippen LogP contribution in [0.15, 0.2) is 47.1 Å². The Bertz CT molecular complexity index is 2490. The summed E-state index contributed by atoms with van der Waals surface area (Å²) in [6, 6.07) is 11.1. The fourth-order valence-electron chi connectivity index (χ4n) is 12.0. The van der Waals surface area contributed by atoms with Crippen LogP contribution < -0.4 is 0 Å². The summed E-state index contributed by atoms with van der Waals surface area (Å²) >= 11 is 0. The van der Waals surface area contributed by atoms with Gasteiger partial charge in [-0.1, -0.05) is 50.0 Å². The van der Waals surface area contributed by atoms with Gasteiger partial charge in [-0.05, 0) is 152 Å². The number of rotatable bonds is 14. The summed E-state index contributed by atoms with van der Waals surface area (Å²) in [5.41, 5.74) is -1.55. The molecule has 17 nitrogen and oxygen atoms in total. The van der Waals surface area contributed by atoms with E-state index in [2.05, 4.69) is 94.1 Å². The fourth-order valence-corrected chi connectivity index (χ4v) is 14.3. The molecule has 6 rings (SSSR count). The summed E-state index contributed by atoms with van der Waals surface area (Å²) in [6.45, 7) is 32.6. The Morgan fingerprint density at radius 3 is 2.22 bits per heavy atom. The zero-order valence-corrected chi connectivity index (χ0v) is 52.6. The second kappa shape index (κ2) is 26.0. The van der Waals surface area contributed by atoms with Gasteiger partial charge in [0.1, 0.15) is 36.2 Å². The van der Waals surface area contributed by atoms with Crippen LogP contribution in [-0.4, -0.2) is 184 Å². The molecule has 0 spiro atoms.